The molecule has 278 valence electrons. The number of hydrogen-bond donors (Lipinski definition) is 1. The maximum absolute atomic E-state index is 5.94. The topological polar surface area (TPSA) is 90.6 Å². The summed E-state index contributed by atoms with van der Waals surface area (Å²) in [5.74, 6) is 1.70. The lowest BCUT2D eigenvalue weighted by Gasteiger charge is -2.14. The van der Waals surface area contributed by atoms with E-state index in [2.05, 4.69) is 27.7 Å². The van der Waals surface area contributed by atoms with Gasteiger partial charge in [-0.25, -0.2) is 0 Å². The highest BCUT2D eigenvalue weighted by atomic mass is 16.6. The molecule has 0 aromatic heterocycles. The van der Waals surface area contributed by atoms with Gasteiger partial charge in [0.2, 0.25) is 0 Å². The third kappa shape index (κ3) is 41.7. The quantitative estimate of drug-likeness (QED) is 0.0515. The zero-order valence-corrected chi connectivity index (χ0v) is 31.1. The smallest absolute Gasteiger partial charge is 0.129 e. The summed E-state index contributed by atoms with van der Waals surface area (Å²) in [6.07, 6.45) is 23.6. The molecule has 0 aliphatic carbocycles. The molecule has 0 heterocycles. The van der Waals surface area contributed by atoms with E-state index in [1.807, 2.05) is 0 Å². The van der Waals surface area contributed by atoms with Crippen LogP contribution in [0, 0.1) is 11.8 Å². The fourth-order valence-corrected chi connectivity index (χ4v) is 5.12. The van der Waals surface area contributed by atoms with E-state index in [9.17, 15) is 0 Å². The van der Waals surface area contributed by atoms with Crippen LogP contribution in [-0.4, -0.2) is 92.1 Å². The van der Waals surface area contributed by atoms with Crippen LogP contribution in [0.1, 0.15) is 143 Å². The van der Waals surface area contributed by atoms with Gasteiger partial charge in [0.25, 0.3) is 0 Å². The molecule has 1 unspecified atom stereocenters. The molecule has 0 fully saturated rings. The highest BCUT2D eigenvalue weighted by Crippen LogP contribution is 2.13. The average Bonchev–Trinajstić information content (AvgIpc) is 3.03. The van der Waals surface area contributed by atoms with Crippen LogP contribution in [0.25, 0.3) is 0 Å². The molecule has 8 heteroatoms. The summed E-state index contributed by atoms with van der Waals surface area (Å²) in [6.45, 7) is 16.7. The molecule has 8 nitrogen and oxygen atoms in total. The molecule has 0 aromatic carbocycles. The first kappa shape index (κ1) is 45.7. The minimum Gasteiger partial charge on any atom is -0.379 e. The zero-order chi connectivity index (χ0) is 33.6. The van der Waals surface area contributed by atoms with Gasteiger partial charge in [-0.15, -0.1) is 0 Å². The maximum Gasteiger partial charge on any atom is 0.129 e. The molecular weight excluding hydrogens is 582 g/mol. The van der Waals surface area contributed by atoms with Gasteiger partial charge in [0, 0.05) is 13.2 Å². The predicted octanol–water partition coefficient (Wildman–Crippen LogP) is 8.72. The van der Waals surface area contributed by atoms with Gasteiger partial charge >= 0.3 is 0 Å². The standard InChI is InChI=1S/C38H79NO7/c1-36(2)21-17-13-9-5-7-11-15-19-23-40-25-26-42-27-28-43-29-30-44-33-34-46-38(39)35-45-32-31-41-24-20-16-12-8-6-10-14-18-22-37(3)4/h36-38H,5-35,39H2,1-4H3. The molecule has 0 aliphatic heterocycles. The summed E-state index contributed by atoms with van der Waals surface area (Å²) in [7, 11) is 0. The largest absolute Gasteiger partial charge is 0.379 e. The van der Waals surface area contributed by atoms with Gasteiger partial charge in [0.1, 0.15) is 6.23 Å². The molecule has 46 heavy (non-hydrogen) atoms. The van der Waals surface area contributed by atoms with Gasteiger partial charge in [-0.05, 0) is 24.7 Å². The third-order valence-corrected chi connectivity index (χ3v) is 7.97. The van der Waals surface area contributed by atoms with E-state index in [0.717, 1.165) is 37.9 Å². The Morgan fingerprint density at radius 3 is 0.978 bits per heavy atom. The molecule has 0 spiro atoms. The second-order valence-corrected chi connectivity index (χ2v) is 13.6. The molecule has 0 radical (unpaired) electrons. The van der Waals surface area contributed by atoms with Crippen LogP contribution >= 0.6 is 0 Å². The molecule has 1 atom stereocenters. The number of unbranched alkanes of at least 4 members (excludes halogenated alkanes) is 14. The Bertz CT molecular complexity index is 553. The van der Waals surface area contributed by atoms with Crippen molar-refractivity contribution in [2.45, 2.75) is 149 Å². The third-order valence-electron chi connectivity index (χ3n) is 7.97. The Hall–Kier alpha value is -0.320. The Kier molecular flexibility index (Phi) is 38.8. The van der Waals surface area contributed by atoms with E-state index in [1.54, 1.807) is 0 Å². The van der Waals surface area contributed by atoms with Crippen molar-refractivity contribution < 1.29 is 33.2 Å². The van der Waals surface area contributed by atoms with E-state index < -0.39 is 6.23 Å². The average molecular weight is 662 g/mol. The summed E-state index contributed by atoms with van der Waals surface area (Å²) in [5, 5.41) is 0. The summed E-state index contributed by atoms with van der Waals surface area (Å²) >= 11 is 0. The Morgan fingerprint density at radius 1 is 0.326 bits per heavy atom. The number of nitrogens with two attached hydrogens (primary N) is 1. The lowest BCUT2D eigenvalue weighted by Crippen LogP contribution is -2.31. The van der Waals surface area contributed by atoms with Crippen molar-refractivity contribution in [1.29, 1.82) is 0 Å². The van der Waals surface area contributed by atoms with Gasteiger partial charge in [-0.3, -0.25) is 0 Å². The molecule has 0 aliphatic rings. The van der Waals surface area contributed by atoms with Crippen molar-refractivity contribution in [2.24, 2.45) is 17.6 Å². The fraction of sp³-hybridized carbons (Fsp3) is 1.00. The normalized spacial score (nSPS) is 12.6. The van der Waals surface area contributed by atoms with Gasteiger partial charge < -0.3 is 38.9 Å². The van der Waals surface area contributed by atoms with Crippen LogP contribution in [0.3, 0.4) is 0 Å². The molecular formula is C38H79NO7. The van der Waals surface area contributed by atoms with Gasteiger partial charge in [0.05, 0.1) is 72.7 Å². The van der Waals surface area contributed by atoms with Crippen molar-refractivity contribution >= 4 is 0 Å². The summed E-state index contributed by atoms with van der Waals surface area (Å²) in [4.78, 5) is 0. The lowest BCUT2D eigenvalue weighted by molar-refractivity contribution is -0.0511. The Morgan fingerprint density at radius 2 is 0.609 bits per heavy atom. The SMILES string of the molecule is CC(C)CCCCCCCCCCOCCOCCOCCOCCOC(N)COCCOCCCCCCCCCCC(C)C. The number of hydrogen-bond acceptors (Lipinski definition) is 8. The van der Waals surface area contributed by atoms with Crippen molar-refractivity contribution in [3.8, 4) is 0 Å². The summed E-state index contributed by atoms with van der Waals surface area (Å²) < 4.78 is 39.0. The van der Waals surface area contributed by atoms with Crippen LogP contribution in [0.4, 0.5) is 0 Å². The minimum absolute atomic E-state index is 0.355. The summed E-state index contributed by atoms with van der Waals surface area (Å²) in [6, 6.07) is 0. The number of rotatable bonds is 40. The van der Waals surface area contributed by atoms with Crippen LogP contribution in [0.15, 0.2) is 0 Å². The van der Waals surface area contributed by atoms with Crippen LogP contribution in [-0.2, 0) is 33.2 Å². The first-order valence-electron chi connectivity index (χ1n) is 19.4. The number of ether oxygens (including phenoxy) is 7. The van der Waals surface area contributed by atoms with E-state index in [-0.39, 0.29) is 0 Å². The van der Waals surface area contributed by atoms with Crippen LogP contribution < -0.4 is 5.73 Å². The first-order chi connectivity index (χ1) is 22.5. The second kappa shape index (κ2) is 39.1. The second-order valence-electron chi connectivity index (χ2n) is 13.6. The van der Waals surface area contributed by atoms with E-state index in [1.165, 1.54) is 103 Å². The monoisotopic (exact) mass is 662 g/mol. The first-order valence-corrected chi connectivity index (χ1v) is 19.4. The Balaban J connectivity index is 3.14. The van der Waals surface area contributed by atoms with E-state index in [0.29, 0.717) is 72.7 Å². The predicted molar refractivity (Wildman–Crippen MR) is 192 cm³/mol. The molecule has 2 N–H and O–H groups in total. The minimum atomic E-state index is -0.453. The van der Waals surface area contributed by atoms with Crippen LogP contribution in [0.5, 0.6) is 0 Å². The zero-order valence-electron chi connectivity index (χ0n) is 31.1. The molecule has 0 bridgehead atoms. The van der Waals surface area contributed by atoms with Crippen molar-refractivity contribution in [2.75, 3.05) is 85.9 Å². The van der Waals surface area contributed by atoms with Crippen molar-refractivity contribution in [3.05, 3.63) is 0 Å². The molecule has 0 rings (SSSR count). The van der Waals surface area contributed by atoms with Crippen molar-refractivity contribution in [3.63, 3.8) is 0 Å². The Labute approximate surface area is 285 Å². The molecule has 0 saturated carbocycles. The highest BCUT2D eigenvalue weighted by Gasteiger charge is 2.03. The van der Waals surface area contributed by atoms with E-state index >= 15 is 0 Å². The fourth-order valence-electron chi connectivity index (χ4n) is 5.12. The van der Waals surface area contributed by atoms with Crippen LogP contribution in [0.2, 0.25) is 0 Å². The van der Waals surface area contributed by atoms with Gasteiger partial charge in [-0.2, -0.15) is 0 Å². The van der Waals surface area contributed by atoms with Crippen molar-refractivity contribution in [1.82, 2.24) is 0 Å². The molecule has 0 saturated heterocycles. The molecule has 0 aromatic rings. The van der Waals surface area contributed by atoms with E-state index in [4.69, 9.17) is 38.9 Å². The highest BCUT2D eigenvalue weighted by molar-refractivity contribution is 4.51. The van der Waals surface area contributed by atoms with Gasteiger partial charge in [0.15, 0.2) is 0 Å². The maximum atomic E-state index is 5.94. The molecule has 0 amide bonds. The van der Waals surface area contributed by atoms with Gasteiger partial charge in [-0.1, -0.05) is 130 Å². The lowest BCUT2D eigenvalue weighted by atomic mass is 10.0. The summed E-state index contributed by atoms with van der Waals surface area (Å²) in [5.41, 5.74) is 5.94.